The fourth-order valence-corrected chi connectivity index (χ4v) is 8.69. The van der Waals surface area contributed by atoms with E-state index in [2.05, 4.69) is 57.0 Å². The van der Waals surface area contributed by atoms with Crippen molar-refractivity contribution in [1.82, 2.24) is 4.44 Å². The zero-order chi connectivity index (χ0) is 11.8. The van der Waals surface area contributed by atoms with Crippen LogP contribution in [0.15, 0.2) is 4.74 Å². The summed E-state index contributed by atoms with van der Waals surface area (Å²) in [5.41, 5.74) is 0. The van der Waals surface area contributed by atoms with E-state index in [-0.39, 0.29) is 5.16 Å². The van der Waals surface area contributed by atoms with E-state index in [1.165, 1.54) is 0 Å². The van der Waals surface area contributed by atoms with E-state index in [1.807, 2.05) is 7.05 Å². The summed E-state index contributed by atoms with van der Waals surface area (Å²) in [5.74, 6) is 0. The van der Waals surface area contributed by atoms with E-state index >= 15 is 0 Å². The van der Waals surface area contributed by atoms with Crippen molar-refractivity contribution < 1.29 is 0 Å². The normalized spacial score (nSPS) is 18.1. The highest BCUT2D eigenvalue weighted by Gasteiger charge is 2.35. The summed E-state index contributed by atoms with van der Waals surface area (Å²) in [7, 11) is 2.63. The van der Waals surface area contributed by atoms with Crippen LogP contribution in [0.25, 0.3) is 0 Å². The third-order valence-electron chi connectivity index (χ3n) is 2.92. The Morgan fingerprint density at radius 2 is 1.50 bits per heavy atom. The van der Waals surface area contributed by atoms with Crippen LogP contribution in [-0.4, -0.2) is 43.7 Å². The van der Waals surface area contributed by atoms with Crippen molar-refractivity contribution in [3.63, 3.8) is 0 Å². The number of nitrogens with zero attached hydrogens (tertiary/aromatic N) is 2. The van der Waals surface area contributed by atoms with Crippen molar-refractivity contribution in [1.29, 1.82) is 0 Å². The first kappa shape index (κ1) is 14.8. The van der Waals surface area contributed by atoms with Crippen LogP contribution in [0.1, 0.15) is 20.8 Å². The lowest BCUT2D eigenvalue weighted by atomic mass is 10.3. The fourth-order valence-electron chi connectivity index (χ4n) is 1.28. The van der Waals surface area contributed by atoms with Gasteiger partial charge in [-0.1, -0.05) is 32.6 Å². The van der Waals surface area contributed by atoms with Crippen LogP contribution in [0.2, 0.25) is 0 Å². The maximum Gasteiger partial charge on any atom is 0.0378 e. The van der Waals surface area contributed by atoms with Crippen molar-refractivity contribution in [3.05, 3.63) is 0 Å². The van der Waals surface area contributed by atoms with Gasteiger partial charge in [-0.05, 0) is 27.0 Å². The monoisotopic (exact) mass is 254 g/mol. The summed E-state index contributed by atoms with van der Waals surface area (Å²) in [5, 5.41) is 0.215. The first-order valence-electron chi connectivity index (χ1n) is 4.74. The molecular formula is C9H24N2P2S. The maximum atomic E-state index is 5.60. The summed E-state index contributed by atoms with van der Waals surface area (Å²) in [6.07, 6.45) is -1.37. The van der Waals surface area contributed by atoms with Crippen LogP contribution >= 0.6 is 13.4 Å². The Bertz CT molecular complexity index is 298. The van der Waals surface area contributed by atoms with Gasteiger partial charge in [0.05, 0.1) is 0 Å². The molecule has 0 fully saturated rings. The SMILES string of the molecule is CN=P(C)(N(C)P(C)(C)=S)C(C)(C)C. The molecule has 0 aliphatic heterocycles. The fraction of sp³-hybridized carbons (Fsp3) is 1.00. The molecule has 0 aliphatic carbocycles. The van der Waals surface area contributed by atoms with Gasteiger partial charge in [0.15, 0.2) is 0 Å². The molecule has 0 saturated heterocycles. The predicted molar refractivity (Wildman–Crippen MR) is 74.8 cm³/mol. The summed E-state index contributed by atoms with van der Waals surface area (Å²) in [4.78, 5) is 0. The Morgan fingerprint density at radius 3 is 1.57 bits per heavy atom. The zero-order valence-corrected chi connectivity index (χ0v) is 13.3. The van der Waals surface area contributed by atoms with Crippen molar-refractivity contribution in [2.24, 2.45) is 4.74 Å². The number of rotatable bonds is 2. The van der Waals surface area contributed by atoms with Crippen molar-refractivity contribution in [2.75, 3.05) is 34.1 Å². The van der Waals surface area contributed by atoms with E-state index in [9.17, 15) is 0 Å². The van der Waals surface area contributed by atoms with E-state index in [1.54, 1.807) is 0 Å². The van der Waals surface area contributed by atoms with Crippen LogP contribution in [0.4, 0.5) is 0 Å². The molecule has 0 aromatic heterocycles. The van der Waals surface area contributed by atoms with Crippen molar-refractivity contribution >= 4 is 25.2 Å². The minimum atomic E-state index is -1.44. The molecule has 2 nitrogen and oxygen atoms in total. The van der Waals surface area contributed by atoms with Crippen LogP contribution in [0.5, 0.6) is 0 Å². The van der Waals surface area contributed by atoms with Gasteiger partial charge in [0.1, 0.15) is 0 Å². The second-order valence-corrected chi connectivity index (χ2v) is 15.4. The van der Waals surface area contributed by atoms with Gasteiger partial charge in [0.25, 0.3) is 0 Å². The third-order valence-corrected chi connectivity index (χ3v) is 12.2. The van der Waals surface area contributed by atoms with Gasteiger partial charge in [-0.15, -0.1) is 0 Å². The van der Waals surface area contributed by atoms with Crippen LogP contribution in [0.3, 0.4) is 0 Å². The topological polar surface area (TPSA) is 15.6 Å². The Balaban J connectivity index is 5.43. The van der Waals surface area contributed by atoms with Crippen molar-refractivity contribution in [3.8, 4) is 0 Å². The smallest absolute Gasteiger partial charge is 0.0378 e. The molecule has 86 valence electrons. The third kappa shape index (κ3) is 2.92. The second-order valence-electron chi connectivity index (χ2n) is 5.07. The molecule has 0 heterocycles. The molecule has 14 heavy (non-hydrogen) atoms. The van der Waals surface area contributed by atoms with Crippen LogP contribution in [-0.2, 0) is 11.8 Å². The molecular weight excluding hydrogens is 230 g/mol. The molecule has 0 amide bonds. The molecule has 0 radical (unpaired) electrons. The highest BCUT2D eigenvalue weighted by Crippen LogP contribution is 2.68. The quantitative estimate of drug-likeness (QED) is 0.697. The number of hydrogen-bond acceptors (Lipinski definition) is 2. The standard InChI is InChI=1S/C9H24N2P2S/c1-9(2,3)13(8,10-4)11(5)12(6,7)14/h1-8H3. The lowest BCUT2D eigenvalue weighted by molar-refractivity contribution is 0.719. The lowest BCUT2D eigenvalue weighted by Crippen LogP contribution is -2.25. The van der Waals surface area contributed by atoms with Gasteiger partial charge >= 0.3 is 0 Å². The molecule has 0 spiro atoms. The van der Waals surface area contributed by atoms with E-state index in [0.29, 0.717) is 0 Å². The Labute approximate surface area is 94.6 Å². The molecule has 1 atom stereocenters. The first-order chi connectivity index (χ1) is 5.97. The van der Waals surface area contributed by atoms with E-state index in [4.69, 9.17) is 11.8 Å². The van der Waals surface area contributed by atoms with Crippen molar-refractivity contribution in [2.45, 2.75) is 25.9 Å². The Morgan fingerprint density at radius 1 is 1.14 bits per heavy atom. The van der Waals surface area contributed by atoms with Gasteiger partial charge in [0.2, 0.25) is 0 Å². The largest absolute Gasteiger partial charge is 0.291 e. The summed E-state index contributed by atoms with van der Waals surface area (Å²) < 4.78 is 7.04. The molecule has 0 aromatic carbocycles. The van der Waals surface area contributed by atoms with Gasteiger partial charge < -0.3 is 0 Å². The molecule has 0 saturated carbocycles. The Hall–Kier alpha value is 0.840. The predicted octanol–water partition coefficient (Wildman–Crippen LogP) is 3.75. The summed E-state index contributed by atoms with van der Waals surface area (Å²) >= 11 is 5.60. The molecule has 1 unspecified atom stereocenters. The first-order valence-corrected chi connectivity index (χ1v) is 10.5. The summed E-state index contributed by atoms with van der Waals surface area (Å²) in [6.45, 7) is 13.4. The molecule has 0 aromatic rings. The molecule has 0 aliphatic rings. The molecule has 0 rings (SSSR count). The highest BCUT2D eigenvalue weighted by atomic mass is 32.4. The van der Waals surface area contributed by atoms with E-state index < -0.39 is 13.4 Å². The van der Waals surface area contributed by atoms with Gasteiger partial charge in [-0.25, -0.2) is 4.44 Å². The summed E-state index contributed by atoms with van der Waals surface area (Å²) in [6, 6.07) is 0. The second kappa shape index (κ2) is 4.37. The van der Waals surface area contributed by atoms with Gasteiger partial charge in [-0.2, -0.15) is 0 Å². The maximum absolute atomic E-state index is 5.60. The molecule has 5 heteroatoms. The van der Waals surface area contributed by atoms with Gasteiger partial charge in [-0.3, -0.25) is 4.74 Å². The lowest BCUT2D eigenvalue weighted by Gasteiger charge is -2.44. The van der Waals surface area contributed by atoms with Crippen LogP contribution in [0, 0.1) is 0 Å². The highest BCUT2D eigenvalue weighted by molar-refractivity contribution is 8.15. The number of hydrogen-bond donors (Lipinski definition) is 0. The van der Waals surface area contributed by atoms with Crippen LogP contribution < -0.4 is 0 Å². The molecule has 0 bridgehead atoms. The molecule has 0 N–H and O–H groups in total. The average molecular weight is 254 g/mol. The van der Waals surface area contributed by atoms with Gasteiger partial charge in [0, 0.05) is 25.6 Å². The zero-order valence-electron chi connectivity index (χ0n) is 10.7. The minimum absolute atomic E-state index is 0.215. The van der Waals surface area contributed by atoms with E-state index in [0.717, 1.165) is 0 Å². The Kier molecular flexibility index (Phi) is 4.64. The average Bonchev–Trinajstić information content (AvgIpc) is 1.97. The minimum Gasteiger partial charge on any atom is -0.291 e.